The molecule has 0 unspecified atom stereocenters. The van der Waals surface area contributed by atoms with Crippen LogP contribution in [0.4, 0.5) is 11.4 Å². The van der Waals surface area contributed by atoms with E-state index in [-0.39, 0.29) is 17.6 Å². The Balaban J connectivity index is 1.47. The molecule has 0 saturated carbocycles. The first kappa shape index (κ1) is 22.2. The number of hydrogen-bond acceptors (Lipinski definition) is 6. The summed E-state index contributed by atoms with van der Waals surface area (Å²) in [5, 5.41) is 14.6. The molecule has 0 aliphatic carbocycles. The number of anilines is 2. The fourth-order valence-electron chi connectivity index (χ4n) is 3.13. The number of hydrogen-bond donors (Lipinski definition) is 2. The summed E-state index contributed by atoms with van der Waals surface area (Å²) in [4.78, 5) is 28.2. The third-order valence-electron chi connectivity index (χ3n) is 4.58. The van der Waals surface area contributed by atoms with E-state index in [1.807, 2.05) is 60.7 Å². The largest absolute Gasteiger partial charge is 0.326 e. The number of benzene rings is 3. The van der Waals surface area contributed by atoms with Gasteiger partial charge in [0.05, 0.1) is 5.75 Å². The first-order valence-corrected chi connectivity index (χ1v) is 11.2. The molecule has 3 aromatic carbocycles. The molecule has 1 aromatic heterocycles. The average molecular weight is 456 g/mol. The van der Waals surface area contributed by atoms with Gasteiger partial charge in [-0.25, -0.2) is 4.98 Å². The van der Waals surface area contributed by atoms with E-state index < -0.39 is 0 Å². The molecule has 4 aromatic rings. The predicted octanol–water partition coefficient (Wildman–Crippen LogP) is 4.89. The molecule has 2 amide bonds. The molecule has 0 spiro atoms. The highest BCUT2D eigenvalue weighted by Gasteiger charge is 2.14. The second kappa shape index (κ2) is 10.5. The maximum Gasteiger partial charge on any atom is 0.234 e. The first-order chi connectivity index (χ1) is 16.1. The number of carbonyl (C=O) groups is 2. The maximum atomic E-state index is 12.4. The van der Waals surface area contributed by atoms with Crippen molar-refractivity contribution in [2.45, 2.75) is 12.1 Å². The Kier molecular flexibility index (Phi) is 7.06. The van der Waals surface area contributed by atoms with Gasteiger partial charge in [-0.3, -0.25) is 9.59 Å². The van der Waals surface area contributed by atoms with Gasteiger partial charge in [0.2, 0.25) is 17.0 Å². The zero-order valence-corrected chi connectivity index (χ0v) is 18.7. The molecule has 0 saturated heterocycles. The van der Waals surface area contributed by atoms with E-state index in [1.165, 1.54) is 18.7 Å². The van der Waals surface area contributed by atoms with Gasteiger partial charge in [0.1, 0.15) is 11.4 Å². The molecule has 33 heavy (non-hydrogen) atoms. The fourth-order valence-corrected chi connectivity index (χ4v) is 3.71. The highest BCUT2D eigenvalue weighted by Crippen LogP contribution is 2.29. The van der Waals surface area contributed by atoms with Crippen LogP contribution in [-0.2, 0) is 9.59 Å². The van der Waals surface area contributed by atoms with Crippen LogP contribution in [0.2, 0.25) is 0 Å². The van der Waals surface area contributed by atoms with Crippen molar-refractivity contribution in [1.82, 2.24) is 15.2 Å². The van der Waals surface area contributed by atoms with E-state index in [2.05, 4.69) is 20.8 Å². The molecule has 0 aliphatic heterocycles. The maximum absolute atomic E-state index is 12.4. The number of aromatic nitrogens is 3. The average Bonchev–Trinajstić information content (AvgIpc) is 2.84. The lowest BCUT2D eigenvalue weighted by molar-refractivity contribution is -0.114. The van der Waals surface area contributed by atoms with Crippen LogP contribution in [0.1, 0.15) is 6.92 Å². The monoisotopic (exact) mass is 455 g/mol. The van der Waals surface area contributed by atoms with Crippen molar-refractivity contribution < 1.29 is 9.59 Å². The first-order valence-electron chi connectivity index (χ1n) is 10.2. The Morgan fingerprint density at radius 2 is 1.27 bits per heavy atom. The Hall–Kier alpha value is -4.04. The molecule has 0 aliphatic rings. The van der Waals surface area contributed by atoms with Crippen molar-refractivity contribution in [3.05, 3.63) is 84.9 Å². The Labute approximate surface area is 195 Å². The zero-order chi connectivity index (χ0) is 23.0. The minimum atomic E-state index is -0.190. The second-order valence-corrected chi connectivity index (χ2v) is 8.06. The van der Waals surface area contributed by atoms with E-state index >= 15 is 0 Å². The molecule has 0 fully saturated rings. The number of nitrogens with one attached hydrogen (secondary N) is 2. The molecule has 0 bridgehead atoms. The highest BCUT2D eigenvalue weighted by molar-refractivity contribution is 7.99. The van der Waals surface area contributed by atoms with Crippen molar-refractivity contribution in [2.24, 2.45) is 0 Å². The number of amides is 2. The van der Waals surface area contributed by atoms with Crippen LogP contribution in [0.3, 0.4) is 0 Å². The number of rotatable bonds is 7. The molecule has 8 heteroatoms. The minimum absolute atomic E-state index is 0.133. The molecular formula is C25H21N5O2S. The van der Waals surface area contributed by atoms with Crippen LogP contribution in [0.15, 0.2) is 90.1 Å². The third-order valence-corrected chi connectivity index (χ3v) is 5.42. The van der Waals surface area contributed by atoms with E-state index in [4.69, 9.17) is 4.98 Å². The van der Waals surface area contributed by atoms with E-state index in [1.54, 1.807) is 24.3 Å². The lowest BCUT2D eigenvalue weighted by Gasteiger charge is -2.10. The lowest BCUT2D eigenvalue weighted by atomic mass is 10.0. The Morgan fingerprint density at radius 1 is 0.727 bits per heavy atom. The molecule has 4 rings (SSSR count). The topological polar surface area (TPSA) is 96.9 Å². The second-order valence-electron chi connectivity index (χ2n) is 7.12. The predicted molar refractivity (Wildman–Crippen MR) is 131 cm³/mol. The lowest BCUT2D eigenvalue weighted by Crippen LogP contribution is -2.14. The van der Waals surface area contributed by atoms with E-state index in [0.29, 0.717) is 27.9 Å². The van der Waals surface area contributed by atoms with Gasteiger partial charge in [0.15, 0.2) is 0 Å². The number of carbonyl (C=O) groups excluding carboxylic acids is 2. The van der Waals surface area contributed by atoms with E-state index in [0.717, 1.165) is 11.1 Å². The molecule has 0 atom stereocenters. The van der Waals surface area contributed by atoms with Gasteiger partial charge in [-0.2, -0.15) is 0 Å². The van der Waals surface area contributed by atoms with Gasteiger partial charge < -0.3 is 10.6 Å². The standard InChI is InChI=1S/C25H21N5O2S/c1-17(31)26-20-12-14-21(15-13-20)27-22(32)16-33-25-28-23(18-8-4-2-5-9-18)24(29-30-25)19-10-6-3-7-11-19/h2-15H,16H2,1H3,(H,26,31)(H,27,32). The van der Waals surface area contributed by atoms with Gasteiger partial charge in [0, 0.05) is 29.4 Å². The normalized spacial score (nSPS) is 10.5. The summed E-state index contributed by atoms with van der Waals surface area (Å²) in [6, 6.07) is 26.5. The molecule has 0 radical (unpaired) electrons. The van der Waals surface area contributed by atoms with Crippen LogP contribution in [-0.4, -0.2) is 32.7 Å². The van der Waals surface area contributed by atoms with Crippen molar-refractivity contribution in [3.8, 4) is 22.5 Å². The summed E-state index contributed by atoms with van der Waals surface area (Å²) in [7, 11) is 0. The number of thioether (sulfide) groups is 1. The summed E-state index contributed by atoms with van der Waals surface area (Å²) in [5.41, 5.74) is 4.56. The fraction of sp³-hybridized carbons (Fsp3) is 0.0800. The van der Waals surface area contributed by atoms with Crippen molar-refractivity contribution in [3.63, 3.8) is 0 Å². The summed E-state index contributed by atoms with van der Waals surface area (Å²) in [6.07, 6.45) is 0. The van der Waals surface area contributed by atoms with Gasteiger partial charge in [-0.15, -0.1) is 10.2 Å². The summed E-state index contributed by atoms with van der Waals surface area (Å²) in [6.45, 7) is 1.44. The van der Waals surface area contributed by atoms with Gasteiger partial charge >= 0.3 is 0 Å². The zero-order valence-electron chi connectivity index (χ0n) is 17.9. The van der Waals surface area contributed by atoms with Gasteiger partial charge in [-0.1, -0.05) is 72.4 Å². The third kappa shape index (κ3) is 6.02. The smallest absolute Gasteiger partial charge is 0.234 e. The quantitative estimate of drug-likeness (QED) is 0.385. The van der Waals surface area contributed by atoms with Crippen LogP contribution >= 0.6 is 11.8 Å². The molecule has 2 N–H and O–H groups in total. The van der Waals surface area contributed by atoms with Crippen molar-refractivity contribution in [2.75, 3.05) is 16.4 Å². The summed E-state index contributed by atoms with van der Waals surface area (Å²) in [5.74, 6) is -0.206. The van der Waals surface area contributed by atoms with Gasteiger partial charge in [-0.05, 0) is 24.3 Å². The van der Waals surface area contributed by atoms with Crippen LogP contribution in [0.25, 0.3) is 22.5 Å². The molecule has 7 nitrogen and oxygen atoms in total. The molecule has 164 valence electrons. The minimum Gasteiger partial charge on any atom is -0.326 e. The van der Waals surface area contributed by atoms with Crippen molar-refractivity contribution in [1.29, 1.82) is 0 Å². The molecule has 1 heterocycles. The van der Waals surface area contributed by atoms with Crippen molar-refractivity contribution >= 4 is 35.0 Å². The summed E-state index contributed by atoms with van der Waals surface area (Å²) < 4.78 is 0. The van der Waals surface area contributed by atoms with Crippen LogP contribution < -0.4 is 10.6 Å². The molecular weight excluding hydrogens is 434 g/mol. The number of nitrogens with zero attached hydrogens (tertiary/aromatic N) is 3. The Morgan fingerprint density at radius 3 is 1.85 bits per heavy atom. The van der Waals surface area contributed by atoms with Gasteiger partial charge in [0.25, 0.3) is 0 Å². The van der Waals surface area contributed by atoms with E-state index in [9.17, 15) is 9.59 Å². The van der Waals surface area contributed by atoms with Crippen LogP contribution in [0.5, 0.6) is 0 Å². The SMILES string of the molecule is CC(=O)Nc1ccc(NC(=O)CSc2nnc(-c3ccccc3)c(-c3ccccc3)n2)cc1. The summed E-state index contributed by atoms with van der Waals surface area (Å²) >= 11 is 1.22. The highest BCUT2D eigenvalue weighted by atomic mass is 32.2. The van der Waals surface area contributed by atoms with Crippen LogP contribution in [0, 0.1) is 0 Å². The Bertz CT molecular complexity index is 1250.